The summed E-state index contributed by atoms with van der Waals surface area (Å²) in [6.07, 6.45) is 9.03. The lowest BCUT2D eigenvalue weighted by Gasteiger charge is -2.21. The van der Waals surface area contributed by atoms with Crippen molar-refractivity contribution in [1.29, 1.82) is 0 Å². The first-order chi connectivity index (χ1) is 9.88. The lowest BCUT2D eigenvalue weighted by atomic mass is 10.2. The Bertz CT molecular complexity index is 565. The van der Waals surface area contributed by atoms with Crippen molar-refractivity contribution in [1.82, 2.24) is 4.98 Å². The van der Waals surface area contributed by atoms with Crippen LogP contribution in [0.25, 0.3) is 4.91 Å². The molecule has 0 aliphatic carbocycles. The molecule has 1 unspecified atom stereocenters. The SMILES string of the molecule is CCCCC1SC(c2ccccc2)=CN1c1cnco1. The molecule has 0 N–H and O–H groups in total. The molecule has 0 amide bonds. The van der Waals surface area contributed by atoms with Gasteiger partial charge in [0.15, 0.2) is 6.39 Å². The molecule has 3 rings (SSSR count). The maximum absolute atomic E-state index is 5.47. The number of hydrogen-bond acceptors (Lipinski definition) is 4. The minimum absolute atomic E-state index is 0.401. The molecule has 1 aromatic heterocycles. The number of anilines is 1. The summed E-state index contributed by atoms with van der Waals surface area (Å²) in [4.78, 5) is 7.53. The van der Waals surface area contributed by atoms with E-state index >= 15 is 0 Å². The summed E-state index contributed by atoms with van der Waals surface area (Å²) in [5, 5.41) is 0.401. The molecule has 0 bridgehead atoms. The molecular formula is C16H18N2OS. The highest BCUT2D eigenvalue weighted by molar-refractivity contribution is 8.09. The normalized spacial score (nSPS) is 18.4. The quantitative estimate of drug-likeness (QED) is 0.793. The lowest BCUT2D eigenvalue weighted by molar-refractivity contribution is 0.542. The van der Waals surface area contributed by atoms with E-state index in [2.05, 4.69) is 47.3 Å². The number of thioether (sulfide) groups is 1. The topological polar surface area (TPSA) is 29.3 Å². The Morgan fingerprint density at radius 2 is 2.15 bits per heavy atom. The van der Waals surface area contributed by atoms with Crippen LogP contribution in [0.4, 0.5) is 5.88 Å². The summed E-state index contributed by atoms with van der Waals surface area (Å²) in [5.41, 5.74) is 1.26. The van der Waals surface area contributed by atoms with Gasteiger partial charge in [-0.05, 0) is 12.0 Å². The molecule has 4 heteroatoms. The van der Waals surface area contributed by atoms with Gasteiger partial charge in [0.25, 0.3) is 0 Å². The Labute approximate surface area is 123 Å². The van der Waals surface area contributed by atoms with E-state index in [-0.39, 0.29) is 0 Å². The Kier molecular flexibility index (Phi) is 4.11. The van der Waals surface area contributed by atoms with Crippen molar-refractivity contribution in [3.05, 3.63) is 54.7 Å². The highest BCUT2D eigenvalue weighted by Crippen LogP contribution is 2.43. The van der Waals surface area contributed by atoms with Gasteiger partial charge >= 0.3 is 0 Å². The van der Waals surface area contributed by atoms with E-state index in [9.17, 15) is 0 Å². The smallest absolute Gasteiger partial charge is 0.220 e. The van der Waals surface area contributed by atoms with Crippen LogP contribution < -0.4 is 4.90 Å². The van der Waals surface area contributed by atoms with Gasteiger partial charge in [-0.15, -0.1) is 0 Å². The van der Waals surface area contributed by atoms with Gasteiger partial charge in [0.05, 0.1) is 11.6 Å². The van der Waals surface area contributed by atoms with Crippen LogP contribution >= 0.6 is 11.8 Å². The minimum atomic E-state index is 0.401. The zero-order chi connectivity index (χ0) is 13.8. The average molecular weight is 286 g/mol. The van der Waals surface area contributed by atoms with Crippen molar-refractivity contribution in [2.45, 2.75) is 31.6 Å². The van der Waals surface area contributed by atoms with Crippen molar-refractivity contribution in [2.75, 3.05) is 4.90 Å². The second-order valence-corrected chi connectivity index (χ2v) is 6.04. The predicted octanol–water partition coefficient (Wildman–Crippen LogP) is 4.74. The molecule has 2 aromatic rings. The first-order valence-corrected chi connectivity index (χ1v) is 7.87. The number of aromatic nitrogens is 1. The number of nitrogens with zero attached hydrogens (tertiary/aromatic N) is 2. The Hall–Kier alpha value is -1.68. The molecule has 0 saturated heterocycles. The van der Waals surface area contributed by atoms with Crippen LogP contribution in [0.3, 0.4) is 0 Å². The van der Waals surface area contributed by atoms with Crippen LogP contribution in [-0.2, 0) is 0 Å². The molecule has 3 nitrogen and oxygen atoms in total. The van der Waals surface area contributed by atoms with Crippen LogP contribution in [0, 0.1) is 0 Å². The maximum atomic E-state index is 5.47. The molecule has 20 heavy (non-hydrogen) atoms. The molecule has 1 aromatic carbocycles. The van der Waals surface area contributed by atoms with Gasteiger partial charge in [-0.2, -0.15) is 0 Å². The number of benzene rings is 1. The van der Waals surface area contributed by atoms with Crippen molar-refractivity contribution >= 4 is 22.6 Å². The number of rotatable bonds is 5. The van der Waals surface area contributed by atoms with E-state index in [1.165, 1.54) is 29.7 Å². The molecule has 1 atom stereocenters. The second-order valence-electron chi connectivity index (χ2n) is 4.82. The van der Waals surface area contributed by atoms with Gasteiger partial charge in [-0.3, -0.25) is 0 Å². The zero-order valence-corrected chi connectivity index (χ0v) is 12.3. The fourth-order valence-electron chi connectivity index (χ4n) is 2.31. The average Bonchev–Trinajstić information content (AvgIpc) is 3.15. The highest BCUT2D eigenvalue weighted by Gasteiger charge is 2.28. The minimum Gasteiger partial charge on any atom is -0.428 e. The number of hydrogen-bond donors (Lipinski definition) is 0. The number of unbranched alkanes of at least 4 members (excludes halogenated alkanes) is 1. The van der Waals surface area contributed by atoms with Gasteiger partial charge in [-0.25, -0.2) is 4.98 Å². The summed E-state index contributed by atoms with van der Waals surface area (Å²) in [6.45, 7) is 2.23. The molecular weight excluding hydrogens is 268 g/mol. The van der Waals surface area contributed by atoms with E-state index in [4.69, 9.17) is 4.42 Å². The predicted molar refractivity (Wildman–Crippen MR) is 84.3 cm³/mol. The first-order valence-electron chi connectivity index (χ1n) is 6.99. The number of oxazole rings is 1. The summed E-state index contributed by atoms with van der Waals surface area (Å²) in [6, 6.07) is 10.5. The lowest BCUT2D eigenvalue weighted by Crippen LogP contribution is -2.23. The first kappa shape index (κ1) is 13.3. The van der Waals surface area contributed by atoms with Gasteiger partial charge < -0.3 is 9.32 Å². The monoisotopic (exact) mass is 286 g/mol. The standard InChI is InChI=1S/C16H18N2OS/c1-2-3-9-16-18(15-10-17-12-19-15)11-14(20-16)13-7-5-4-6-8-13/h4-8,10-12,16H,2-3,9H2,1H3. The van der Waals surface area contributed by atoms with Gasteiger partial charge in [-0.1, -0.05) is 61.9 Å². The second kappa shape index (κ2) is 6.18. The molecule has 0 radical (unpaired) electrons. The molecule has 0 fully saturated rings. The van der Waals surface area contributed by atoms with Crippen molar-refractivity contribution in [2.24, 2.45) is 0 Å². The molecule has 1 aliphatic rings. The van der Waals surface area contributed by atoms with Crippen molar-refractivity contribution in [3.8, 4) is 0 Å². The summed E-state index contributed by atoms with van der Waals surface area (Å²) >= 11 is 1.91. The van der Waals surface area contributed by atoms with Crippen LogP contribution in [0.5, 0.6) is 0 Å². The van der Waals surface area contributed by atoms with Gasteiger partial charge in [0.2, 0.25) is 5.88 Å². The highest BCUT2D eigenvalue weighted by atomic mass is 32.2. The Morgan fingerprint density at radius 1 is 1.30 bits per heavy atom. The Morgan fingerprint density at radius 3 is 2.85 bits per heavy atom. The van der Waals surface area contributed by atoms with E-state index in [1.54, 1.807) is 6.20 Å². The van der Waals surface area contributed by atoms with E-state index in [1.807, 2.05) is 17.8 Å². The fraction of sp³-hybridized carbons (Fsp3) is 0.312. The van der Waals surface area contributed by atoms with Crippen LogP contribution in [0.2, 0.25) is 0 Å². The van der Waals surface area contributed by atoms with E-state index in [0.717, 1.165) is 12.3 Å². The van der Waals surface area contributed by atoms with Crippen molar-refractivity contribution < 1.29 is 4.42 Å². The molecule has 1 aliphatic heterocycles. The molecule has 0 spiro atoms. The molecule has 2 heterocycles. The largest absolute Gasteiger partial charge is 0.428 e. The molecule has 104 valence electrons. The summed E-state index contributed by atoms with van der Waals surface area (Å²) < 4.78 is 5.47. The summed E-state index contributed by atoms with van der Waals surface area (Å²) in [7, 11) is 0. The molecule has 0 saturated carbocycles. The summed E-state index contributed by atoms with van der Waals surface area (Å²) in [5.74, 6) is 0.824. The van der Waals surface area contributed by atoms with Gasteiger partial charge in [0, 0.05) is 11.1 Å². The van der Waals surface area contributed by atoms with Crippen molar-refractivity contribution in [3.63, 3.8) is 0 Å². The third-order valence-electron chi connectivity index (χ3n) is 3.37. The van der Waals surface area contributed by atoms with Crippen LogP contribution in [-0.4, -0.2) is 10.4 Å². The van der Waals surface area contributed by atoms with E-state index < -0.39 is 0 Å². The maximum Gasteiger partial charge on any atom is 0.220 e. The van der Waals surface area contributed by atoms with Gasteiger partial charge in [0.1, 0.15) is 0 Å². The fourth-order valence-corrected chi connectivity index (χ4v) is 3.61. The third kappa shape index (κ3) is 2.75. The van der Waals surface area contributed by atoms with Crippen LogP contribution in [0.1, 0.15) is 31.7 Å². The van der Waals surface area contributed by atoms with E-state index in [0.29, 0.717) is 5.37 Å². The van der Waals surface area contributed by atoms with Crippen LogP contribution in [0.15, 0.2) is 53.5 Å². The third-order valence-corrected chi connectivity index (χ3v) is 4.70. The zero-order valence-electron chi connectivity index (χ0n) is 11.5. The Balaban J connectivity index is 1.85.